The van der Waals surface area contributed by atoms with E-state index in [0.717, 1.165) is 0 Å². The number of rotatable bonds is 6. The Balaban J connectivity index is 2.91. The molecule has 0 saturated heterocycles. The fraction of sp³-hybridized carbons (Fsp3) is 0.500. The lowest BCUT2D eigenvalue weighted by Gasteiger charge is -2.22. The molecule has 1 rings (SSSR count). The van der Waals surface area contributed by atoms with E-state index in [0.29, 0.717) is 30.8 Å². The number of hydrogen-bond donors (Lipinski definition) is 2. The second-order valence-corrected chi connectivity index (χ2v) is 5.28. The average Bonchev–Trinajstić information content (AvgIpc) is 2.48. The van der Waals surface area contributed by atoms with Crippen LogP contribution in [0.5, 0.6) is 0 Å². The molecule has 0 aliphatic heterocycles. The Hall–Kier alpha value is -1.88. The molecule has 2 amide bonds. The maximum Gasteiger partial charge on any atom is 0.253 e. The van der Waals surface area contributed by atoms with Crippen LogP contribution in [0.4, 0.5) is 5.69 Å². The second kappa shape index (κ2) is 7.22. The Morgan fingerprint density at radius 2 is 1.86 bits per heavy atom. The first-order valence-electron chi connectivity index (χ1n) is 7.35. The fourth-order valence-corrected chi connectivity index (χ4v) is 1.86. The van der Waals surface area contributed by atoms with Gasteiger partial charge in [0.05, 0.1) is 5.54 Å². The summed E-state index contributed by atoms with van der Waals surface area (Å²) in [5, 5.41) is 2.77. The highest BCUT2D eigenvalue weighted by Gasteiger charge is 2.26. The molecule has 1 aromatic carbocycles. The third kappa shape index (κ3) is 4.29. The predicted octanol–water partition coefficient (Wildman–Crippen LogP) is 2.23. The topological polar surface area (TPSA) is 75.4 Å². The highest BCUT2D eigenvalue weighted by molar-refractivity contribution is 6.00. The molecule has 5 nitrogen and oxygen atoms in total. The molecule has 1 atom stereocenters. The van der Waals surface area contributed by atoms with E-state index in [-0.39, 0.29) is 11.8 Å². The van der Waals surface area contributed by atoms with Crippen LogP contribution in [0.3, 0.4) is 0 Å². The number of carbonyl (C=O) groups excluding carboxylic acids is 2. The molecule has 1 unspecified atom stereocenters. The molecule has 21 heavy (non-hydrogen) atoms. The number of nitrogens with zero attached hydrogens (tertiary/aromatic N) is 1. The first-order chi connectivity index (χ1) is 9.85. The molecule has 3 N–H and O–H groups in total. The SMILES string of the molecule is CCN(CC)C(=O)c1cccc(NC(=O)C(C)(N)CC)c1. The van der Waals surface area contributed by atoms with Crippen molar-refractivity contribution in [2.75, 3.05) is 18.4 Å². The second-order valence-electron chi connectivity index (χ2n) is 5.28. The van der Waals surface area contributed by atoms with Gasteiger partial charge in [-0.15, -0.1) is 0 Å². The number of hydrogen-bond acceptors (Lipinski definition) is 3. The average molecular weight is 291 g/mol. The minimum absolute atomic E-state index is 0.0397. The van der Waals surface area contributed by atoms with Crippen molar-refractivity contribution >= 4 is 17.5 Å². The first-order valence-corrected chi connectivity index (χ1v) is 7.35. The lowest BCUT2D eigenvalue weighted by Crippen LogP contribution is -2.47. The van der Waals surface area contributed by atoms with Crippen molar-refractivity contribution < 1.29 is 9.59 Å². The monoisotopic (exact) mass is 291 g/mol. The van der Waals surface area contributed by atoms with Gasteiger partial charge >= 0.3 is 0 Å². The molecule has 0 radical (unpaired) electrons. The normalized spacial score (nSPS) is 13.4. The number of nitrogens with one attached hydrogen (secondary N) is 1. The molecule has 0 aromatic heterocycles. The molecule has 5 heteroatoms. The van der Waals surface area contributed by atoms with E-state index in [2.05, 4.69) is 5.32 Å². The van der Waals surface area contributed by atoms with Crippen LogP contribution in [0, 0.1) is 0 Å². The van der Waals surface area contributed by atoms with Crippen molar-refractivity contribution in [3.05, 3.63) is 29.8 Å². The van der Waals surface area contributed by atoms with E-state index < -0.39 is 5.54 Å². The van der Waals surface area contributed by atoms with Gasteiger partial charge in [-0.25, -0.2) is 0 Å². The van der Waals surface area contributed by atoms with Crippen molar-refractivity contribution in [1.82, 2.24) is 4.90 Å². The number of nitrogens with two attached hydrogens (primary N) is 1. The summed E-state index contributed by atoms with van der Waals surface area (Å²) in [5.41, 5.74) is 6.14. The van der Waals surface area contributed by atoms with Crippen LogP contribution in [-0.2, 0) is 4.79 Å². The van der Waals surface area contributed by atoms with Crippen LogP contribution < -0.4 is 11.1 Å². The zero-order valence-corrected chi connectivity index (χ0v) is 13.3. The molecule has 0 saturated carbocycles. The van der Waals surface area contributed by atoms with E-state index in [4.69, 9.17) is 5.73 Å². The minimum atomic E-state index is -0.918. The Bertz CT molecular complexity index is 508. The highest BCUT2D eigenvalue weighted by atomic mass is 16.2. The maximum atomic E-state index is 12.3. The molecule has 0 bridgehead atoms. The van der Waals surface area contributed by atoms with Crippen LogP contribution in [0.1, 0.15) is 44.5 Å². The van der Waals surface area contributed by atoms with Crippen molar-refractivity contribution in [2.24, 2.45) is 5.73 Å². The third-order valence-corrected chi connectivity index (χ3v) is 3.67. The van der Waals surface area contributed by atoms with Gasteiger partial charge in [0, 0.05) is 24.3 Å². The summed E-state index contributed by atoms with van der Waals surface area (Å²) in [6.07, 6.45) is 0.539. The summed E-state index contributed by atoms with van der Waals surface area (Å²) in [6.45, 7) is 8.74. The van der Waals surface area contributed by atoms with Gasteiger partial charge in [-0.05, 0) is 45.4 Å². The molecule has 116 valence electrons. The van der Waals surface area contributed by atoms with Gasteiger partial charge in [-0.1, -0.05) is 13.0 Å². The van der Waals surface area contributed by atoms with Crippen LogP contribution in [-0.4, -0.2) is 35.3 Å². The molecular formula is C16H25N3O2. The Morgan fingerprint density at radius 3 is 2.38 bits per heavy atom. The lowest BCUT2D eigenvalue weighted by atomic mass is 9.99. The third-order valence-electron chi connectivity index (χ3n) is 3.67. The van der Waals surface area contributed by atoms with Crippen LogP contribution in [0.2, 0.25) is 0 Å². The molecule has 0 aliphatic carbocycles. The molecule has 0 aliphatic rings. The summed E-state index contributed by atoms with van der Waals surface area (Å²) in [7, 11) is 0. The zero-order chi connectivity index (χ0) is 16.0. The summed E-state index contributed by atoms with van der Waals surface area (Å²) < 4.78 is 0. The maximum absolute atomic E-state index is 12.3. The molecule has 0 spiro atoms. The Labute approximate surface area is 126 Å². The number of benzene rings is 1. The standard InChI is InChI=1S/C16H25N3O2/c1-5-16(4,17)15(21)18-13-10-8-9-12(11-13)14(20)19(6-2)7-3/h8-11H,5-7,17H2,1-4H3,(H,18,21). The molecule has 0 fully saturated rings. The molecule has 1 aromatic rings. The molecular weight excluding hydrogens is 266 g/mol. The van der Waals surface area contributed by atoms with Crippen LogP contribution in [0.25, 0.3) is 0 Å². The Morgan fingerprint density at radius 1 is 1.24 bits per heavy atom. The Kier molecular flexibility index (Phi) is 5.90. The summed E-state index contributed by atoms with van der Waals surface area (Å²) in [4.78, 5) is 26.1. The minimum Gasteiger partial charge on any atom is -0.339 e. The van der Waals surface area contributed by atoms with Crippen molar-refractivity contribution in [2.45, 2.75) is 39.7 Å². The first kappa shape index (κ1) is 17.2. The summed E-state index contributed by atoms with van der Waals surface area (Å²) >= 11 is 0. The zero-order valence-electron chi connectivity index (χ0n) is 13.3. The van der Waals surface area contributed by atoms with Crippen molar-refractivity contribution in [3.8, 4) is 0 Å². The predicted molar refractivity (Wildman–Crippen MR) is 85.2 cm³/mol. The van der Waals surface area contributed by atoms with Gasteiger partial charge in [0.15, 0.2) is 0 Å². The van der Waals surface area contributed by atoms with E-state index in [1.165, 1.54) is 0 Å². The van der Waals surface area contributed by atoms with E-state index >= 15 is 0 Å². The van der Waals surface area contributed by atoms with Gasteiger partial charge in [0.25, 0.3) is 5.91 Å². The van der Waals surface area contributed by atoms with E-state index in [1.807, 2.05) is 20.8 Å². The highest BCUT2D eigenvalue weighted by Crippen LogP contribution is 2.15. The lowest BCUT2D eigenvalue weighted by molar-refractivity contribution is -0.120. The number of anilines is 1. The van der Waals surface area contributed by atoms with Gasteiger partial charge < -0.3 is 16.0 Å². The number of carbonyl (C=O) groups is 2. The summed E-state index contributed by atoms with van der Waals surface area (Å²) in [6, 6.07) is 6.94. The number of amides is 2. The fourth-order valence-electron chi connectivity index (χ4n) is 1.86. The van der Waals surface area contributed by atoms with E-state index in [1.54, 1.807) is 36.1 Å². The largest absolute Gasteiger partial charge is 0.339 e. The van der Waals surface area contributed by atoms with Crippen LogP contribution >= 0.6 is 0 Å². The molecule has 0 heterocycles. The van der Waals surface area contributed by atoms with Gasteiger partial charge in [0.1, 0.15) is 0 Å². The van der Waals surface area contributed by atoms with Crippen molar-refractivity contribution in [3.63, 3.8) is 0 Å². The van der Waals surface area contributed by atoms with Gasteiger partial charge in [-0.2, -0.15) is 0 Å². The van der Waals surface area contributed by atoms with Crippen LogP contribution in [0.15, 0.2) is 24.3 Å². The smallest absolute Gasteiger partial charge is 0.253 e. The quantitative estimate of drug-likeness (QED) is 0.844. The van der Waals surface area contributed by atoms with Gasteiger partial charge in [-0.3, -0.25) is 9.59 Å². The van der Waals surface area contributed by atoms with E-state index in [9.17, 15) is 9.59 Å². The summed E-state index contributed by atoms with van der Waals surface area (Å²) in [5.74, 6) is -0.292. The van der Waals surface area contributed by atoms with Crippen molar-refractivity contribution in [1.29, 1.82) is 0 Å². The van der Waals surface area contributed by atoms with Gasteiger partial charge in [0.2, 0.25) is 5.91 Å².